The first-order chi connectivity index (χ1) is 10.1. The topological polar surface area (TPSA) is 55.0 Å². The van der Waals surface area contributed by atoms with Gasteiger partial charge in [0, 0.05) is 10.0 Å². The fourth-order valence-corrected chi connectivity index (χ4v) is 2.63. The van der Waals surface area contributed by atoms with Crippen LogP contribution in [0.2, 0.25) is 5.02 Å². The Balaban J connectivity index is 2.13. The summed E-state index contributed by atoms with van der Waals surface area (Å²) in [5.74, 6) is 0.270. The molecule has 3 rings (SSSR count). The van der Waals surface area contributed by atoms with Crippen LogP contribution in [0.25, 0.3) is 22.4 Å². The molecule has 2 aromatic carbocycles. The number of benzene rings is 2. The van der Waals surface area contributed by atoms with Gasteiger partial charge in [-0.1, -0.05) is 27.5 Å². The molecule has 1 heterocycles. The summed E-state index contributed by atoms with van der Waals surface area (Å²) < 4.78 is 5.63. The van der Waals surface area contributed by atoms with Gasteiger partial charge in [0.25, 0.3) is 0 Å². The molecule has 0 aliphatic rings. The van der Waals surface area contributed by atoms with Crippen molar-refractivity contribution in [3.05, 3.63) is 51.5 Å². The molecule has 3 aromatic rings. The zero-order chi connectivity index (χ0) is 15.0. The molecule has 21 heavy (non-hydrogen) atoms. The molecule has 0 bridgehead atoms. The fraction of sp³-hybridized carbons (Fsp3) is 0.0667. The number of hydrogen-bond donors (Lipinski definition) is 1. The maximum atomic E-state index is 11.5. The Bertz CT molecular complexity index is 845. The molecular weight excluding hydrogens is 356 g/mol. The first-order valence-corrected chi connectivity index (χ1v) is 7.29. The van der Waals surface area contributed by atoms with Crippen LogP contribution < -0.4 is 0 Å². The number of imidazole rings is 1. The van der Waals surface area contributed by atoms with Crippen molar-refractivity contribution >= 4 is 44.5 Å². The van der Waals surface area contributed by atoms with Crippen LogP contribution in [0.3, 0.4) is 0 Å². The monoisotopic (exact) mass is 364 g/mol. The second kappa shape index (κ2) is 5.50. The van der Waals surface area contributed by atoms with E-state index < -0.39 is 0 Å². The van der Waals surface area contributed by atoms with Gasteiger partial charge in [-0.25, -0.2) is 9.78 Å². The summed E-state index contributed by atoms with van der Waals surface area (Å²) in [6.07, 6.45) is 0. The summed E-state index contributed by atoms with van der Waals surface area (Å²) in [5.41, 5.74) is 2.78. The zero-order valence-corrected chi connectivity index (χ0v) is 13.3. The Hall–Kier alpha value is -1.85. The van der Waals surface area contributed by atoms with Gasteiger partial charge in [-0.3, -0.25) is 0 Å². The van der Waals surface area contributed by atoms with E-state index in [-0.39, 0.29) is 5.97 Å². The number of halogens is 2. The number of methoxy groups -OCH3 is 1. The highest BCUT2D eigenvalue weighted by Gasteiger charge is 2.12. The second-order valence-electron chi connectivity index (χ2n) is 4.43. The molecule has 0 unspecified atom stereocenters. The number of carbonyl (C=O) groups excluding carboxylic acids is 1. The molecule has 0 radical (unpaired) electrons. The molecule has 0 spiro atoms. The summed E-state index contributed by atoms with van der Waals surface area (Å²) in [6, 6.07) is 10.7. The van der Waals surface area contributed by atoms with Crippen LogP contribution in [0.15, 0.2) is 40.9 Å². The molecule has 1 N–H and O–H groups in total. The predicted molar refractivity (Wildman–Crippen MR) is 85.6 cm³/mol. The lowest BCUT2D eigenvalue weighted by atomic mass is 10.2. The van der Waals surface area contributed by atoms with Crippen molar-refractivity contribution in [2.45, 2.75) is 0 Å². The third-order valence-corrected chi connectivity index (χ3v) is 3.91. The number of esters is 1. The molecule has 0 aliphatic carbocycles. The molecule has 1 aromatic heterocycles. The van der Waals surface area contributed by atoms with Gasteiger partial charge in [0.05, 0.1) is 28.7 Å². The molecule has 0 atom stereocenters. The number of nitrogens with one attached hydrogen (secondary N) is 1. The third-order valence-electron chi connectivity index (χ3n) is 3.09. The Morgan fingerprint density at radius 3 is 2.86 bits per heavy atom. The molecule has 106 valence electrons. The van der Waals surface area contributed by atoms with E-state index in [4.69, 9.17) is 16.3 Å². The fourth-order valence-electron chi connectivity index (χ4n) is 2.06. The van der Waals surface area contributed by atoms with Crippen molar-refractivity contribution in [1.29, 1.82) is 0 Å². The van der Waals surface area contributed by atoms with Gasteiger partial charge in [0.2, 0.25) is 0 Å². The van der Waals surface area contributed by atoms with Gasteiger partial charge in [-0.2, -0.15) is 0 Å². The normalized spacial score (nSPS) is 10.8. The summed E-state index contributed by atoms with van der Waals surface area (Å²) in [5, 5.41) is 0.602. The van der Waals surface area contributed by atoms with E-state index >= 15 is 0 Å². The molecule has 0 saturated heterocycles. The highest BCUT2D eigenvalue weighted by molar-refractivity contribution is 9.10. The van der Waals surface area contributed by atoms with Crippen LogP contribution in [0.4, 0.5) is 0 Å². The Morgan fingerprint density at radius 2 is 2.10 bits per heavy atom. The van der Waals surface area contributed by atoms with Crippen molar-refractivity contribution < 1.29 is 9.53 Å². The Kier molecular flexibility index (Phi) is 3.69. The largest absolute Gasteiger partial charge is 0.465 e. The van der Waals surface area contributed by atoms with Crippen LogP contribution in [0.1, 0.15) is 10.4 Å². The minimum atomic E-state index is -0.381. The molecule has 0 saturated carbocycles. The third kappa shape index (κ3) is 2.66. The SMILES string of the molecule is COC(=O)c1ccc2nc(-c3cc(Br)ccc3Cl)[nH]c2c1. The van der Waals surface area contributed by atoms with Crippen LogP contribution in [-0.2, 0) is 4.74 Å². The predicted octanol–water partition coefficient (Wildman–Crippen LogP) is 4.43. The van der Waals surface area contributed by atoms with Crippen molar-refractivity contribution in [2.75, 3.05) is 7.11 Å². The maximum absolute atomic E-state index is 11.5. The minimum absolute atomic E-state index is 0.381. The number of carbonyl (C=O) groups is 1. The number of rotatable bonds is 2. The number of hydrogen-bond acceptors (Lipinski definition) is 3. The molecule has 0 aliphatic heterocycles. The van der Waals surface area contributed by atoms with Crippen molar-refractivity contribution in [1.82, 2.24) is 9.97 Å². The van der Waals surface area contributed by atoms with Crippen molar-refractivity contribution in [3.8, 4) is 11.4 Å². The van der Waals surface area contributed by atoms with Crippen LogP contribution in [-0.4, -0.2) is 23.0 Å². The molecule has 0 fully saturated rings. The first kappa shape index (κ1) is 14.1. The molecule has 4 nitrogen and oxygen atoms in total. The summed E-state index contributed by atoms with van der Waals surface area (Å²) in [7, 11) is 1.35. The number of nitrogens with zero attached hydrogens (tertiary/aromatic N) is 1. The summed E-state index contributed by atoms with van der Waals surface area (Å²) in [4.78, 5) is 19.2. The highest BCUT2D eigenvalue weighted by Crippen LogP contribution is 2.30. The zero-order valence-electron chi connectivity index (χ0n) is 11.0. The number of ether oxygens (including phenoxy) is 1. The van der Waals surface area contributed by atoms with E-state index in [0.717, 1.165) is 21.1 Å². The average Bonchev–Trinajstić information content (AvgIpc) is 2.91. The summed E-state index contributed by atoms with van der Waals surface area (Å²) >= 11 is 9.62. The van der Waals surface area contributed by atoms with E-state index in [1.807, 2.05) is 12.1 Å². The standard InChI is InChI=1S/C15H10BrClN2O2/c1-21-15(20)8-2-5-12-13(6-8)19-14(18-12)10-7-9(16)3-4-11(10)17/h2-7H,1H3,(H,18,19). The number of H-pyrrole nitrogens is 1. The Labute approximate surface area is 134 Å². The number of aromatic nitrogens is 2. The van der Waals surface area contributed by atoms with Gasteiger partial charge >= 0.3 is 5.97 Å². The van der Waals surface area contributed by atoms with Gasteiger partial charge < -0.3 is 9.72 Å². The van der Waals surface area contributed by atoms with Crippen LogP contribution in [0, 0.1) is 0 Å². The minimum Gasteiger partial charge on any atom is -0.465 e. The first-order valence-electron chi connectivity index (χ1n) is 6.12. The van der Waals surface area contributed by atoms with Gasteiger partial charge in [-0.05, 0) is 36.4 Å². The van der Waals surface area contributed by atoms with E-state index in [0.29, 0.717) is 16.4 Å². The average molecular weight is 366 g/mol. The Morgan fingerprint density at radius 1 is 1.29 bits per heavy atom. The molecular formula is C15H10BrClN2O2. The lowest BCUT2D eigenvalue weighted by Crippen LogP contribution is -2.00. The van der Waals surface area contributed by atoms with Gasteiger partial charge in [0.15, 0.2) is 0 Å². The number of aromatic amines is 1. The van der Waals surface area contributed by atoms with Crippen molar-refractivity contribution in [3.63, 3.8) is 0 Å². The lowest BCUT2D eigenvalue weighted by molar-refractivity contribution is 0.0601. The van der Waals surface area contributed by atoms with Crippen LogP contribution >= 0.6 is 27.5 Å². The molecule has 0 amide bonds. The smallest absolute Gasteiger partial charge is 0.337 e. The van der Waals surface area contributed by atoms with Gasteiger partial charge in [0.1, 0.15) is 5.82 Å². The van der Waals surface area contributed by atoms with Gasteiger partial charge in [-0.15, -0.1) is 0 Å². The van der Waals surface area contributed by atoms with E-state index in [2.05, 4.69) is 25.9 Å². The van der Waals surface area contributed by atoms with Crippen molar-refractivity contribution in [2.24, 2.45) is 0 Å². The van der Waals surface area contributed by atoms with E-state index in [1.54, 1.807) is 24.3 Å². The lowest BCUT2D eigenvalue weighted by Gasteiger charge is -2.00. The van der Waals surface area contributed by atoms with Crippen LogP contribution in [0.5, 0.6) is 0 Å². The second-order valence-corrected chi connectivity index (χ2v) is 5.76. The van der Waals surface area contributed by atoms with E-state index in [9.17, 15) is 4.79 Å². The number of fused-ring (bicyclic) bond motifs is 1. The highest BCUT2D eigenvalue weighted by atomic mass is 79.9. The quantitative estimate of drug-likeness (QED) is 0.683. The summed E-state index contributed by atoms with van der Waals surface area (Å²) in [6.45, 7) is 0. The van der Waals surface area contributed by atoms with E-state index in [1.165, 1.54) is 7.11 Å². The maximum Gasteiger partial charge on any atom is 0.337 e. The molecule has 6 heteroatoms.